The number of amides is 1. The molecule has 0 aliphatic rings. The lowest BCUT2D eigenvalue weighted by Crippen LogP contribution is -2.37. The molecule has 0 saturated heterocycles. The van der Waals surface area contributed by atoms with Gasteiger partial charge < -0.3 is 14.8 Å². The van der Waals surface area contributed by atoms with Gasteiger partial charge in [-0.05, 0) is 19.3 Å². The van der Waals surface area contributed by atoms with E-state index in [2.05, 4.69) is 5.32 Å². The third-order valence-corrected chi connectivity index (χ3v) is 2.72. The first kappa shape index (κ1) is 17.7. The fourth-order valence-electron chi connectivity index (χ4n) is 1.41. The number of nitrogens with one attached hydrogen (secondary N) is 1. The predicted molar refractivity (Wildman–Crippen MR) is 74.0 cm³/mol. The van der Waals surface area contributed by atoms with Gasteiger partial charge in [-0.15, -0.1) is 0 Å². The van der Waals surface area contributed by atoms with E-state index in [4.69, 9.17) is 9.47 Å². The Hall–Kier alpha value is -1.26. The molecule has 0 heterocycles. The second kappa shape index (κ2) is 11.8. The minimum atomic E-state index is -0.457. The van der Waals surface area contributed by atoms with Crippen LogP contribution in [0, 0.1) is 0 Å². The maximum Gasteiger partial charge on any atom is 0.407 e. The second-order valence-electron chi connectivity index (χ2n) is 4.52. The van der Waals surface area contributed by atoms with Crippen LogP contribution in [0.25, 0.3) is 0 Å². The van der Waals surface area contributed by atoms with Crippen molar-refractivity contribution in [1.29, 1.82) is 0 Å². The van der Waals surface area contributed by atoms with Gasteiger partial charge in [-0.25, -0.2) is 4.79 Å². The van der Waals surface area contributed by atoms with Gasteiger partial charge >= 0.3 is 12.1 Å². The maximum absolute atomic E-state index is 11.5. The zero-order valence-electron chi connectivity index (χ0n) is 12.4. The van der Waals surface area contributed by atoms with Gasteiger partial charge in [0.2, 0.25) is 0 Å². The van der Waals surface area contributed by atoms with E-state index in [9.17, 15) is 9.59 Å². The van der Waals surface area contributed by atoms with Crippen LogP contribution in [0.1, 0.15) is 59.3 Å². The van der Waals surface area contributed by atoms with Crippen LogP contribution in [0.3, 0.4) is 0 Å². The summed E-state index contributed by atoms with van der Waals surface area (Å²) in [5.74, 6) is -0.269. The molecule has 0 rings (SSSR count). The summed E-state index contributed by atoms with van der Waals surface area (Å²) in [5, 5.41) is 2.68. The Morgan fingerprint density at radius 1 is 1.00 bits per heavy atom. The highest BCUT2D eigenvalue weighted by molar-refractivity contribution is 5.72. The molecule has 112 valence electrons. The molecule has 0 aromatic rings. The number of ether oxygens (including phenoxy) is 2. The Bertz CT molecular complexity index is 232. The molecule has 5 heteroatoms. The van der Waals surface area contributed by atoms with Gasteiger partial charge in [0.1, 0.15) is 0 Å². The molecule has 19 heavy (non-hydrogen) atoms. The lowest BCUT2D eigenvalue weighted by molar-refractivity contribution is -0.144. The molecule has 1 N–H and O–H groups in total. The van der Waals surface area contributed by atoms with Crippen molar-refractivity contribution in [3.63, 3.8) is 0 Å². The van der Waals surface area contributed by atoms with Gasteiger partial charge in [-0.2, -0.15) is 0 Å². The van der Waals surface area contributed by atoms with Crippen LogP contribution in [0.5, 0.6) is 0 Å². The van der Waals surface area contributed by atoms with E-state index in [1.807, 2.05) is 20.8 Å². The molecule has 0 spiro atoms. The smallest absolute Gasteiger partial charge is 0.407 e. The highest BCUT2D eigenvalue weighted by Gasteiger charge is 2.16. The molecule has 1 unspecified atom stereocenters. The van der Waals surface area contributed by atoms with Crippen LogP contribution in [-0.2, 0) is 14.3 Å². The summed E-state index contributed by atoms with van der Waals surface area (Å²) in [4.78, 5) is 23.0. The van der Waals surface area contributed by atoms with Crippen molar-refractivity contribution in [2.75, 3.05) is 13.2 Å². The van der Waals surface area contributed by atoms with Crippen LogP contribution >= 0.6 is 0 Å². The lowest BCUT2D eigenvalue weighted by atomic mass is 10.1. The summed E-state index contributed by atoms with van der Waals surface area (Å²) >= 11 is 0. The minimum Gasteiger partial charge on any atom is -0.466 e. The predicted octanol–water partition coefficient (Wildman–Crippen LogP) is 3.02. The largest absolute Gasteiger partial charge is 0.466 e. The average molecular weight is 273 g/mol. The van der Waals surface area contributed by atoms with Crippen molar-refractivity contribution in [2.24, 2.45) is 0 Å². The number of alkyl carbamates (subject to hydrolysis) is 1. The van der Waals surface area contributed by atoms with Gasteiger partial charge in [0.15, 0.2) is 0 Å². The fourth-order valence-corrected chi connectivity index (χ4v) is 1.41. The van der Waals surface area contributed by atoms with E-state index in [1.165, 1.54) is 0 Å². The Kier molecular flexibility index (Phi) is 11.0. The quantitative estimate of drug-likeness (QED) is 0.491. The first-order chi connectivity index (χ1) is 9.13. The summed E-state index contributed by atoms with van der Waals surface area (Å²) < 4.78 is 10.1. The van der Waals surface area contributed by atoms with E-state index in [0.717, 1.165) is 25.7 Å². The van der Waals surface area contributed by atoms with Gasteiger partial charge in [0.25, 0.3) is 0 Å². The van der Waals surface area contributed by atoms with Gasteiger partial charge in [-0.3, -0.25) is 4.79 Å². The molecule has 1 atom stereocenters. The first-order valence-electron chi connectivity index (χ1n) is 7.22. The van der Waals surface area contributed by atoms with E-state index < -0.39 is 6.09 Å². The van der Waals surface area contributed by atoms with Crippen molar-refractivity contribution >= 4 is 12.1 Å². The van der Waals surface area contributed by atoms with E-state index in [1.54, 1.807) is 0 Å². The number of esters is 1. The van der Waals surface area contributed by atoms with Crippen LogP contribution in [-0.4, -0.2) is 31.3 Å². The normalized spacial score (nSPS) is 11.7. The SMILES string of the molecule is CCCCOC(=O)CC(CC)NC(=O)OCCCC. The molecule has 0 radical (unpaired) electrons. The van der Waals surface area contributed by atoms with E-state index in [0.29, 0.717) is 19.6 Å². The lowest BCUT2D eigenvalue weighted by Gasteiger charge is -2.16. The number of unbranched alkanes of at least 4 members (excludes halogenated alkanes) is 2. The van der Waals surface area contributed by atoms with Crippen molar-refractivity contribution in [2.45, 2.75) is 65.3 Å². The monoisotopic (exact) mass is 273 g/mol. The van der Waals surface area contributed by atoms with Crippen molar-refractivity contribution in [1.82, 2.24) is 5.32 Å². The maximum atomic E-state index is 11.5. The molecule has 1 amide bonds. The zero-order valence-corrected chi connectivity index (χ0v) is 12.4. The molecular formula is C14H27NO4. The molecule has 0 aromatic carbocycles. The standard InChI is InChI=1S/C14H27NO4/c1-4-7-9-18-13(16)11-12(6-3)15-14(17)19-10-8-5-2/h12H,4-11H2,1-3H3,(H,15,17). The minimum absolute atomic E-state index is 0.198. The molecule has 0 saturated carbocycles. The summed E-state index contributed by atoms with van der Waals surface area (Å²) in [6.07, 6.45) is 4.11. The van der Waals surface area contributed by atoms with Crippen LogP contribution in [0.2, 0.25) is 0 Å². The van der Waals surface area contributed by atoms with Gasteiger partial charge in [-0.1, -0.05) is 33.6 Å². The number of rotatable bonds is 10. The molecule has 0 bridgehead atoms. The first-order valence-corrected chi connectivity index (χ1v) is 7.22. The Morgan fingerprint density at radius 2 is 1.58 bits per heavy atom. The van der Waals surface area contributed by atoms with Gasteiger partial charge in [0, 0.05) is 6.04 Å². The number of carbonyl (C=O) groups excluding carboxylic acids is 2. The molecular weight excluding hydrogens is 246 g/mol. The molecule has 5 nitrogen and oxygen atoms in total. The summed E-state index contributed by atoms with van der Waals surface area (Å²) in [5.41, 5.74) is 0. The van der Waals surface area contributed by atoms with Crippen LogP contribution in [0.4, 0.5) is 4.79 Å². The van der Waals surface area contributed by atoms with E-state index >= 15 is 0 Å². The summed E-state index contributed by atoms with van der Waals surface area (Å²) in [7, 11) is 0. The average Bonchev–Trinajstić information content (AvgIpc) is 2.38. The summed E-state index contributed by atoms with van der Waals surface area (Å²) in [6.45, 7) is 6.85. The van der Waals surface area contributed by atoms with Crippen LogP contribution < -0.4 is 5.32 Å². The molecule has 0 aliphatic heterocycles. The van der Waals surface area contributed by atoms with E-state index in [-0.39, 0.29) is 18.4 Å². The molecule has 0 aliphatic carbocycles. The molecule has 0 aromatic heterocycles. The number of carbonyl (C=O) groups is 2. The second-order valence-corrected chi connectivity index (χ2v) is 4.52. The highest BCUT2D eigenvalue weighted by atomic mass is 16.5. The Balaban J connectivity index is 3.86. The van der Waals surface area contributed by atoms with Crippen molar-refractivity contribution in [3.8, 4) is 0 Å². The Labute approximate surface area is 116 Å². The molecule has 0 fully saturated rings. The topological polar surface area (TPSA) is 64.6 Å². The van der Waals surface area contributed by atoms with Crippen molar-refractivity contribution < 1.29 is 19.1 Å². The zero-order chi connectivity index (χ0) is 14.5. The summed E-state index contributed by atoms with van der Waals surface area (Å²) in [6, 6.07) is -0.219. The Morgan fingerprint density at radius 3 is 2.11 bits per heavy atom. The number of hydrogen-bond donors (Lipinski definition) is 1. The highest BCUT2D eigenvalue weighted by Crippen LogP contribution is 2.02. The third kappa shape index (κ3) is 10.4. The fraction of sp³-hybridized carbons (Fsp3) is 0.857. The number of hydrogen-bond acceptors (Lipinski definition) is 4. The third-order valence-electron chi connectivity index (χ3n) is 2.72. The van der Waals surface area contributed by atoms with Gasteiger partial charge in [0.05, 0.1) is 19.6 Å². The van der Waals surface area contributed by atoms with Crippen molar-refractivity contribution in [3.05, 3.63) is 0 Å². The van der Waals surface area contributed by atoms with Crippen LogP contribution in [0.15, 0.2) is 0 Å².